The lowest BCUT2D eigenvalue weighted by Gasteiger charge is -2.14. The van der Waals surface area contributed by atoms with Crippen LogP contribution < -0.4 is 5.32 Å². The minimum atomic E-state index is -3.25. The van der Waals surface area contributed by atoms with Gasteiger partial charge in [-0.2, -0.15) is 5.10 Å². The van der Waals surface area contributed by atoms with Crippen molar-refractivity contribution in [3.8, 4) is 0 Å². The number of carbonyl (C=O) groups is 1. The van der Waals surface area contributed by atoms with Crippen LogP contribution in [0.3, 0.4) is 0 Å². The van der Waals surface area contributed by atoms with Crippen molar-refractivity contribution in [3.63, 3.8) is 0 Å². The Kier molecular flexibility index (Phi) is 4.42. The van der Waals surface area contributed by atoms with E-state index in [0.717, 1.165) is 6.26 Å². The predicted octanol–water partition coefficient (Wildman–Crippen LogP) is 1.11. The Labute approximate surface area is 123 Å². The van der Waals surface area contributed by atoms with Gasteiger partial charge in [-0.05, 0) is 37.3 Å². The zero-order chi connectivity index (χ0) is 15.5. The van der Waals surface area contributed by atoms with Crippen LogP contribution in [0, 0.1) is 0 Å². The molecule has 0 spiro atoms. The molecule has 0 bridgehead atoms. The van der Waals surface area contributed by atoms with E-state index in [4.69, 9.17) is 0 Å². The van der Waals surface area contributed by atoms with Crippen molar-refractivity contribution in [1.29, 1.82) is 0 Å². The number of nitrogens with zero attached hydrogens (tertiary/aromatic N) is 2. The van der Waals surface area contributed by atoms with E-state index in [-0.39, 0.29) is 16.8 Å². The topological polar surface area (TPSA) is 81.1 Å². The van der Waals surface area contributed by atoms with E-state index in [0.29, 0.717) is 12.1 Å². The van der Waals surface area contributed by atoms with Gasteiger partial charge in [0.2, 0.25) is 0 Å². The monoisotopic (exact) mass is 307 g/mol. The average molecular weight is 307 g/mol. The number of sulfone groups is 1. The van der Waals surface area contributed by atoms with Crippen molar-refractivity contribution in [2.75, 3.05) is 6.26 Å². The van der Waals surface area contributed by atoms with E-state index < -0.39 is 9.84 Å². The lowest BCUT2D eigenvalue weighted by Crippen LogP contribution is -2.35. The van der Waals surface area contributed by atoms with Crippen LogP contribution in [-0.2, 0) is 16.4 Å². The molecule has 0 saturated heterocycles. The summed E-state index contributed by atoms with van der Waals surface area (Å²) in [4.78, 5) is 12.3. The van der Waals surface area contributed by atoms with Gasteiger partial charge >= 0.3 is 0 Å². The number of rotatable bonds is 5. The van der Waals surface area contributed by atoms with Crippen molar-refractivity contribution in [1.82, 2.24) is 15.1 Å². The van der Waals surface area contributed by atoms with Crippen LogP contribution in [0.15, 0.2) is 47.6 Å². The lowest BCUT2D eigenvalue weighted by atomic mass is 10.2. The molecule has 0 saturated carbocycles. The molecule has 1 heterocycles. The molecule has 2 rings (SSSR count). The highest BCUT2D eigenvalue weighted by atomic mass is 32.2. The highest BCUT2D eigenvalue weighted by Crippen LogP contribution is 2.10. The van der Waals surface area contributed by atoms with E-state index in [1.54, 1.807) is 10.9 Å². The van der Waals surface area contributed by atoms with E-state index in [1.165, 1.54) is 24.3 Å². The second-order valence-corrected chi connectivity index (χ2v) is 6.91. The molecule has 1 amide bonds. The number of carbonyl (C=O) groups excluding carboxylic acids is 1. The van der Waals surface area contributed by atoms with Crippen LogP contribution in [0.2, 0.25) is 0 Å². The number of amides is 1. The quantitative estimate of drug-likeness (QED) is 0.897. The molecule has 2 aromatic rings. The summed E-state index contributed by atoms with van der Waals surface area (Å²) in [6.07, 6.45) is 4.64. The van der Waals surface area contributed by atoms with Crippen molar-refractivity contribution < 1.29 is 13.2 Å². The van der Waals surface area contributed by atoms with Gasteiger partial charge in [0.05, 0.1) is 11.4 Å². The van der Waals surface area contributed by atoms with E-state index in [2.05, 4.69) is 10.4 Å². The summed E-state index contributed by atoms with van der Waals surface area (Å²) in [5.74, 6) is -0.241. The van der Waals surface area contributed by atoms with Crippen LogP contribution in [0.25, 0.3) is 0 Å². The summed E-state index contributed by atoms with van der Waals surface area (Å²) in [7, 11) is -3.25. The Balaban J connectivity index is 2.00. The largest absolute Gasteiger partial charge is 0.348 e. The molecule has 6 nitrogen and oxygen atoms in total. The Morgan fingerprint density at radius 1 is 1.33 bits per heavy atom. The number of aromatic nitrogens is 2. The molecular formula is C14H17N3O3S. The lowest BCUT2D eigenvalue weighted by molar-refractivity contribution is 0.0936. The molecule has 0 aliphatic heterocycles. The van der Waals surface area contributed by atoms with E-state index in [9.17, 15) is 13.2 Å². The first kappa shape index (κ1) is 15.2. The Bertz CT molecular complexity index is 706. The Morgan fingerprint density at radius 3 is 2.52 bits per heavy atom. The summed E-state index contributed by atoms with van der Waals surface area (Å²) in [6, 6.07) is 7.61. The van der Waals surface area contributed by atoms with Gasteiger partial charge in [-0.15, -0.1) is 0 Å². The first-order valence-corrected chi connectivity index (χ1v) is 8.34. The van der Waals surface area contributed by atoms with Gasteiger partial charge in [-0.1, -0.05) is 0 Å². The Morgan fingerprint density at radius 2 is 2.00 bits per heavy atom. The molecule has 0 unspecified atom stereocenters. The second-order valence-electron chi connectivity index (χ2n) is 4.90. The summed E-state index contributed by atoms with van der Waals surface area (Å²) in [5.41, 5.74) is 0.426. The molecular weight excluding hydrogens is 290 g/mol. The van der Waals surface area contributed by atoms with Gasteiger partial charge in [0.15, 0.2) is 9.84 Å². The highest BCUT2D eigenvalue weighted by Gasteiger charge is 2.12. The molecule has 1 atom stereocenters. The average Bonchev–Trinajstić information content (AvgIpc) is 2.90. The zero-order valence-corrected chi connectivity index (χ0v) is 12.7. The number of benzene rings is 1. The maximum absolute atomic E-state index is 12.1. The van der Waals surface area contributed by atoms with E-state index >= 15 is 0 Å². The Hall–Kier alpha value is -2.15. The molecule has 1 aromatic carbocycles. The van der Waals surface area contributed by atoms with Gasteiger partial charge < -0.3 is 5.32 Å². The van der Waals surface area contributed by atoms with Crippen molar-refractivity contribution >= 4 is 15.7 Å². The molecule has 21 heavy (non-hydrogen) atoms. The fourth-order valence-electron chi connectivity index (χ4n) is 1.90. The molecule has 0 radical (unpaired) electrons. The molecule has 1 aromatic heterocycles. The molecule has 112 valence electrons. The first-order chi connectivity index (χ1) is 9.86. The fraction of sp³-hybridized carbons (Fsp3) is 0.286. The van der Waals surface area contributed by atoms with Crippen LogP contribution in [-0.4, -0.2) is 36.4 Å². The summed E-state index contributed by atoms with van der Waals surface area (Å²) < 4.78 is 24.5. The smallest absolute Gasteiger partial charge is 0.251 e. The van der Waals surface area contributed by atoms with Crippen molar-refractivity contribution in [2.45, 2.75) is 24.4 Å². The number of hydrogen-bond acceptors (Lipinski definition) is 4. The fourth-order valence-corrected chi connectivity index (χ4v) is 2.53. The van der Waals surface area contributed by atoms with Crippen LogP contribution in [0.4, 0.5) is 0 Å². The predicted molar refractivity (Wildman–Crippen MR) is 78.7 cm³/mol. The van der Waals surface area contributed by atoms with Crippen LogP contribution in [0.5, 0.6) is 0 Å². The molecule has 0 aliphatic carbocycles. The summed E-state index contributed by atoms with van der Waals surface area (Å²) in [6.45, 7) is 2.45. The third kappa shape index (κ3) is 4.16. The maximum atomic E-state index is 12.1. The number of nitrogens with one attached hydrogen (secondary N) is 1. The highest BCUT2D eigenvalue weighted by molar-refractivity contribution is 7.90. The molecule has 0 aliphatic rings. The first-order valence-electron chi connectivity index (χ1n) is 6.44. The van der Waals surface area contributed by atoms with Gasteiger partial charge in [0, 0.05) is 30.3 Å². The van der Waals surface area contributed by atoms with Crippen LogP contribution >= 0.6 is 0 Å². The summed E-state index contributed by atoms with van der Waals surface area (Å²) >= 11 is 0. The minimum Gasteiger partial charge on any atom is -0.348 e. The third-order valence-corrected chi connectivity index (χ3v) is 4.07. The molecule has 0 fully saturated rings. The van der Waals surface area contributed by atoms with Gasteiger partial charge in [0.25, 0.3) is 5.91 Å². The third-order valence-electron chi connectivity index (χ3n) is 2.94. The number of hydrogen-bond donors (Lipinski definition) is 1. The van der Waals surface area contributed by atoms with Gasteiger partial charge in [0.1, 0.15) is 0 Å². The summed E-state index contributed by atoms with van der Waals surface area (Å²) in [5, 5.41) is 6.92. The van der Waals surface area contributed by atoms with Crippen molar-refractivity contribution in [3.05, 3.63) is 48.3 Å². The zero-order valence-electron chi connectivity index (χ0n) is 11.9. The normalized spacial score (nSPS) is 12.9. The van der Waals surface area contributed by atoms with Crippen LogP contribution in [0.1, 0.15) is 17.3 Å². The molecule has 1 N–H and O–H groups in total. The maximum Gasteiger partial charge on any atom is 0.251 e. The SMILES string of the molecule is C[C@@H](Cn1cccn1)NC(=O)c1ccc(S(C)(=O)=O)cc1. The molecule has 7 heteroatoms. The van der Waals surface area contributed by atoms with E-state index in [1.807, 2.05) is 19.2 Å². The standard InChI is InChI=1S/C14H17N3O3S/c1-11(10-17-9-3-8-15-17)16-14(18)12-4-6-13(7-5-12)21(2,19)20/h3-9,11H,10H2,1-2H3,(H,16,18)/t11-/m0/s1. The second kappa shape index (κ2) is 6.09. The minimum absolute atomic E-state index is 0.0908. The van der Waals surface area contributed by atoms with Gasteiger partial charge in [-0.25, -0.2) is 8.42 Å². The van der Waals surface area contributed by atoms with Crippen molar-refractivity contribution in [2.24, 2.45) is 0 Å². The van der Waals surface area contributed by atoms with Gasteiger partial charge in [-0.3, -0.25) is 9.48 Å².